The molecule has 1 aromatic carbocycles. The van der Waals surface area contributed by atoms with Crippen molar-refractivity contribution in [2.24, 2.45) is 11.7 Å². The van der Waals surface area contributed by atoms with Crippen LogP contribution < -0.4 is 11.1 Å². The Morgan fingerprint density at radius 3 is 2.80 bits per heavy atom. The van der Waals surface area contributed by atoms with Crippen LogP contribution in [0.5, 0.6) is 0 Å². The second kappa shape index (κ2) is 6.79. The van der Waals surface area contributed by atoms with Crippen molar-refractivity contribution in [1.82, 2.24) is 5.32 Å². The first-order valence-corrected chi connectivity index (χ1v) is 7.02. The van der Waals surface area contributed by atoms with Gasteiger partial charge in [-0.3, -0.25) is 4.79 Å². The Morgan fingerprint density at radius 2 is 2.05 bits per heavy atom. The highest BCUT2D eigenvalue weighted by Gasteiger charge is 2.24. The Labute approximate surface area is 117 Å². The third-order valence-electron chi connectivity index (χ3n) is 3.90. The van der Waals surface area contributed by atoms with Crippen LogP contribution >= 0.6 is 0 Å². The molecule has 0 aliphatic heterocycles. The van der Waals surface area contributed by atoms with E-state index in [1.165, 1.54) is 0 Å². The Morgan fingerprint density at radius 1 is 1.30 bits per heavy atom. The zero-order valence-corrected chi connectivity index (χ0v) is 11.4. The van der Waals surface area contributed by atoms with Crippen LogP contribution in [0.4, 0.5) is 8.78 Å². The number of nitrogens with two attached hydrogens (primary N) is 1. The molecule has 1 saturated carbocycles. The second-order valence-corrected chi connectivity index (χ2v) is 5.42. The van der Waals surface area contributed by atoms with E-state index < -0.39 is 11.6 Å². The molecule has 3 N–H and O–H groups in total. The first-order valence-electron chi connectivity index (χ1n) is 7.02. The number of amides is 1. The quantitative estimate of drug-likeness (QED) is 0.891. The minimum atomic E-state index is -0.513. The van der Waals surface area contributed by atoms with Crippen LogP contribution in [0.1, 0.15) is 37.7 Å². The minimum Gasteiger partial charge on any atom is -0.352 e. The van der Waals surface area contributed by atoms with Crippen LogP contribution in [-0.2, 0) is 11.3 Å². The number of nitrogens with one attached hydrogen (secondary N) is 1. The van der Waals surface area contributed by atoms with Crippen LogP contribution in [0.2, 0.25) is 0 Å². The number of hydrogen-bond acceptors (Lipinski definition) is 2. The average Bonchev–Trinajstić information content (AvgIpc) is 2.42. The van der Waals surface area contributed by atoms with E-state index in [9.17, 15) is 13.6 Å². The summed E-state index contributed by atoms with van der Waals surface area (Å²) in [5.74, 6) is -0.983. The van der Waals surface area contributed by atoms with E-state index in [1.807, 2.05) is 0 Å². The molecular weight excluding hydrogens is 262 g/mol. The van der Waals surface area contributed by atoms with Crippen molar-refractivity contribution < 1.29 is 13.6 Å². The Kier molecular flexibility index (Phi) is 5.06. The van der Waals surface area contributed by atoms with E-state index in [4.69, 9.17) is 5.73 Å². The topological polar surface area (TPSA) is 55.1 Å². The fourth-order valence-corrected chi connectivity index (χ4v) is 2.67. The highest BCUT2D eigenvalue weighted by molar-refractivity contribution is 5.76. The Hall–Kier alpha value is -1.49. The molecule has 1 aliphatic carbocycles. The molecule has 2 atom stereocenters. The molecule has 1 aromatic rings. The molecule has 0 heterocycles. The van der Waals surface area contributed by atoms with Crippen molar-refractivity contribution in [3.63, 3.8) is 0 Å². The summed E-state index contributed by atoms with van der Waals surface area (Å²) in [6, 6.07) is 3.29. The zero-order chi connectivity index (χ0) is 14.5. The van der Waals surface area contributed by atoms with Crippen molar-refractivity contribution >= 4 is 5.91 Å². The maximum atomic E-state index is 13.4. The van der Waals surface area contributed by atoms with E-state index in [0.29, 0.717) is 6.42 Å². The second-order valence-electron chi connectivity index (χ2n) is 5.42. The molecule has 0 bridgehead atoms. The molecular formula is C15H20F2N2O. The van der Waals surface area contributed by atoms with Gasteiger partial charge < -0.3 is 11.1 Å². The Bertz CT molecular complexity index is 479. The van der Waals surface area contributed by atoms with Crippen molar-refractivity contribution in [2.45, 2.75) is 44.7 Å². The fraction of sp³-hybridized carbons (Fsp3) is 0.533. The molecule has 0 radical (unpaired) electrons. The number of hydrogen-bond donors (Lipinski definition) is 2. The van der Waals surface area contributed by atoms with Crippen LogP contribution in [0.25, 0.3) is 0 Å². The molecule has 0 aromatic heterocycles. The molecule has 2 unspecified atom stereocenters. The van der Waals surface area contributed by atoms with E-state index >= 15 is 0 Å². The van der Waals surface area contributed by atoms with Crippen LogP contribution in [0, 0.1) is 17.6 Å². The monoisotopic (exact) mass is 282 g/mol. The summed E-state index contributed by atoms with van der Waals surface area (Å²) in [5, 5.41) is 2.63. The maximum absolute atomic E-state index is 13.4. The SMILES string of the molecule is NC1CCCCC1CC(=O)NCc1cc(F)ccc1F. The lowest BCUT2D eigenvalue weighted by Gasteiger charge is -2.27. The third-order valence-corrected chi connectivity index (χ3v) is 3.90. The normalized spacial score (nSPS) is 22.6. The lowest BCUT2D eigenvalue weighted by atomic mass is 9.83. The van der Waals surface area contributed by atoms with Gasteiger partial charge >= 0.3 is 0 Å². The maximum Gasteiger partial charge on any atom is 0.220 e. The molecule has 1 aliphatic rings. The van der Waals surface area contributed by atoms with Gasteiger partial charge in [0.15, 0.2) is 0 Å². The number of carbonyl (C=O) groups is 1. The molecule has 20 heavy (non-hydrogen) atoms. The summed E-state index contributed by atoms with van der Waals surface area (Å²) >= 11 is 0. The smallest absolute Gasteiger partial charge is 0.220 e. The van der Waals surface area contributed by atoms with Gasteiger partial charge in [0.25, 0.3) is 0 Å². The van der Waals surface area contributed by atoms with E-state index in [1.54, 1.807) is 0 Å². The number of carbonyl (C=O) groups excluding carboxylic acids is 1. The van der Waals surface area contributed by atoms with E-state index in [2.05, 4.69) is 5.32 Å². The highest BCUT2D eigenvalue weighted by atomic mass is 19.1. The van der Waals surface area contributed by atoms with Crippen LogP contribution in [0.15, 0.2) is 18.2 Å². The molecule has 2 rings (SSSR count). The van der Waals surface area contributed by atoms with E-state index in [-0.39, 0.29) is 30.0 Å². The molecule has 1 amide bonds. The number of benzene rings is 1. The third kappa shape index (κ3) is 4.00. The van der Waals surface area contributed by atoms with Gasteiger partial charge in [0.1, 0.15) is 11.6 Å². The number of rotatable bonds is 4. The summed E-state index contributed by atoms with van der Waals surface area (Å²) in [6.45, 7) is 0.00435. The largest absolute Gasteiger partial charge is 0.352 e. The van der Waals surface area contributed by atoms with Gasteiger partial charge in [-0.15, -0.1) is 0 Å². The predicted octanol–water partition coefficient (Wildman–Crippen LogP) is 2.49. The molecule has 1 fully saturated rings. The van der Waals surface area contributed by atoms with Gasteiger partial charge in [-0.2, -0.15) is 0 Å². The summed E-state index contributed by atoms with van der Waals surface area (Å²) in [6.07, 6.45) is 4.50. The minimum absolute atomic E-state index is 0.00435. The zero-order valence-electron chi connectivity index (χ0n) is 11.4. The summed E-state index contributed by atoms with van der Waals surface area (Å²) in [7, 11) is 0. The van der Waals surface area contributed by atoms with Crippen molar-refractivity contribution in [1.29, 1.82) is 0 Å². The summed E-state index contributed by atoms with van der Waals surface area (Å²) in [5.41, 5.74) is 6.15. The molecule has 110 valence electrons. The van der Waals surface area contributed by atoms with Crippen molar-refractivity contribution in [2.75, 3.05) is 0 Å². The molecule has 0 saturated heterocycles. The van der Waals surface area contributed by atoms with Crippen LogP contribution in [-0.4, -0.2) is 11.9 Å². The van der Waals surface area contributed by atoms with Gasteiger partial charge in [-0.1, -0.05) is 12.8 Å². The lowest BCUT2D eigenvalue weighted by molar-refractivity contribution is -0.122. The van der Waals surface area contributed by atoms with Crippen molar-refractivity contribution in [3.05, 3.63) is 35.4 Å². The van der Waals surface area contributed by atoms with Gasteiger partial charge in [-0.25, -0.2) is 8.78 Å². The van der Waals surface area contributed by atoms with E-state index in [0.717, 1.165) is 43.9 Å². The first-order chi connectivity index (χ1) is 9.56. The molecule has 3 nitrogen and oxygen atoms in total. The Balaban J connectivity index is 1.84. The van der Waals surface area contributed by atoms with Gasteiger partial charge in [-0.05, 0) is 37.0 Å². The fourth-order valence-electron chi connectivity index (χ4n) is 2.67. The first kappa shape index (κ1) is 14.9. The summed E-state index contributed by atoms with van der Waals surface area (Å²) in [4.78, 5) is 11.8. The standard InChI is InChI=1S/C15H20F2N2O/c16-12-5-6-13(17)11(7-12)9-19-15(20)8-10-3-1-2-4-14(10)18/h5-7,10,14H,1-4,8-9,18H2,(H,19,20). The van der Waals surface area contributed by atoms with Crippen molar-refractivity contribution in [3.8, 4) is 0 Å². The van der Waals surface area contributed by atoms with Gasteiger partial charge in [0, 0.05) is 24.6 Å². The molecule has 0 spiro atoms. The highest BCUT2D eigenvalue weighted by Crippen LogP contribution is 2.25. The number of halogens is 2. The average molecular weight is 282 g/mol. The predicted molar refractivity (Wildman–Crippen MR) is 72.8 cm³/mol. The van der Waals surface area contributed by atoms with Crippen LogP contribution in [0.3, 0.4) is 0 Å². The van der Waals surface area contributed by atoms with Gasteiger partial charge in [0.2, 0.25) is 5.91 Å². The summed E-state index contributed by atoms with van der Waals surface area (Å²) < 4.78 is 26.4. The molecule has 5 heteroatoms. The lowest BCUT2D eigenvalue weighted by Crippen LogP contribution is -2.37. The van der Waals surface area contributed by atoms with Gasteiger partial charge in [0.05, 0.1) is 0 Å².